The molecule has 0 bridgehead atoms. The summed E-state index contributed by atoms with van der Waals surface area (Å²) in [5, 5.41) is 0. The Bertz CT molecular complexity index is 599. The Morgan fingerprint density at radius 2 is 2.16 bits per heavy atom. The van der Waals surface area contributed by atoms with Gasteiger partial charge in [0.15, 0.2) is 18.0 Å². The highest BCUT2D eigenvalue weighted by molar-refractivity contribution is 5.72. The van der Waals surface area contributed by atoms with Gasteiger partial charge in [-0.1, -0.05) is 13.8 Å². The summed E-state index contributed by atoms with van der Waals surface area (Å²) in [6.45, 7) is 5.76. The molecule has 2 aromatic rings. The number of ether oxygens (including phenoxy) is 1. The lowest BCUT2D eigenvalue weighted by molar-refractivity contribution is -0.0186. The van der Waals surface area contributed by atoms with E-state index in [2.05, 4.69) is 15.0 Å². The Hall–Kier alpha value is -1.56. The van der Waals surface area contributed by atoms with Gasteiger partial charge in [-0.05, 0) is 13.3 Å². The van der Waals surface area contributed by atoms with Crippen LogP contribution in [-0.4, -0.2) is 31.8 Å². The van der Waals surface area contributed by atoms with Crippen LogP contribution in [0.15, 0.2) is 12.7 Å². The standard InChI is InChI=1S/C13H17FN4O/c1-4-9-7(2)10(14)13(19-9)18-6-17-11-8(3)15-5-16-12(11)18/h5-7,9-10,13H,4H2,1-3H3/t7-,9-,10+,13-/m1/s1. The molecule has 1 aliphatic rings. The van der Waals surface area contributed by atoms with E-state index >= 15 is 0 Å². The Balaban J connectivity index is 2.04. The zero-order chi connectivity index (χ0) is 13.6. The van der Waals surface area contributed by atoms with Gasteiger partial charge in [0, 0.05) is 5.92 Å². The molecular weight excluding hydrogens is 247 g/mol. The van der Waals surface area contributed by atoms with Crippen molar-refractivity contribution in [1.82, 2.24) is 19.5 Å². The topological polar surface area (TPSA) is 52.8 Å². The molecule has 0 saturated carbocycles. The maximum atomic E-state index is 14.4. The molecule has 0 radical (unpaired) electrons. The summed E-state index contributed by atoms with van der Waals surface area (Å²) in [4.78, 5) is 12.6. The first-order valence-corrected chi connectivity index (χ1v) is 6.57. The molecule has 0 amide bonds. The van der Waals surface area contributed by atoms with Crippen LogP contribution >= 0.6 is 0 Å². The second-order valence-corrected chi connectivity index (χ2v) is 5.06. The fourth-order valence-electron chi connectivity index (χ4n) is 2.69. The SMILES string of the molecule is CC[C@H]1O[C@@H](n2cnc3c(C)ncnc32)[C@@H](F)[C@@H]1C. The third kappa shape index (κ3) is 1.82. The molecule has 3 rings (SSSR count). The Labute approximate surface area is 110 Å². The van der Waals surface area contributed by atoms with Crippen molar-refractivity contribution >= 4 is 11.2 Å². The van der Waals surface area contributed by atoms with Gasteiger partial charge in [-0.3, -0.25) is 4.57 Å². The highest BCUT2D eigenvalue weighted by atomic mass is 19.1. The number of alkyl halides is 1. The van der Waals surface area contributed by atoms with Gasteiger partial charge in [0.05, 0.1) is 18.1 Å². The predicted octanol–water partition coefficient (Wildman–Crippen LogP) is 2.42. The van der Waals surface area contributed by atoms with Crippen molar-refractivity contribution in [1.29, 1.82) is 0 Å². The first-order chi connectivity index (χ1) is 9.13. The first-order valence-electron chi connectivity index (χ1n) is 6.57. The molecular formula is C13H17FN4O. The average Bonchev–Trinajstić information content (AvgIpc) is 2.94. The zero-order valence-electron chi connectivity index (χ0n) is 11.2. The maximum absolute atomic E-state index is 14.4. The molecule has 0 spiro atoms. The number of aryl methyl sites for hydroxylation is 1. The summed E-state index contributed by atoms with van der Waals surface area (Å²) in [5.74, 6) is -0.115. The van der Waals surface area contributed by atoms with Crippen LogP contribution in [0.5, 0.6) is 0 Å². The number of nitrogens with zero attached hydrogens (tertiary/aromatic N) is 4. The van der Waals surface area contributed by atoms with E-state index < -0.39 is 12.4 Å². The first kappa shape index (κ1) is 12.5. The van der Waals surface area contributed by atoms with Crippen molar-refractivity contribution < 1.29 is 9.13 Å². The summed E-state index contributed by atoms with van der Waals surface area (Å²) in [5.41, 5.74) is 2.12. The molecule has 2 aromatic heterocycles. The molecule has 1 aliphatic heterocycles. The van der Waals surface area contributed by atoms with Crippen LogP contribution in [0, 0.1) is 12.8 Å². The number of hydrogen-bond donors (Lipinski definition) is 0. The smallest absolute Gasteiger partial charge is 0.168 e. The van der Waals surface area contributed by atoms with E-state index in [4.69, 9.17) is 4.74 Å². The van der Waals surface area contributed by atoms with E-state index in [1.54, 1.807) is 10.9 Å². The van der Waals surface area contributed by atoms with Crippen molar-refractivity contribution in [3.8, 4) is 0 Å². The van der Waals surface area contributed by atoms with Gasteiger partial charge in [0.2, 0.25) is 0 Å². The van der Waals surface area contributed by atoms with Crippen molar-refractivity contribution in [3.63, 3.8) is 0 Å². The monoisotopic (exact) mass is 264 g/mol. The second kappa shape index (κ2) is 4.52. The molecule has 0 aromatic carbocycles. The minimum atomic E-state index is -1.04. The minimum absolute atomic E-state index is 0.0552. The largest absolute Gasteiger partial charge is 0.351 e. The highest BCUT2D eigenvalue weighted by Gasteiger charge is 2.43. The van der Waals surface area contributed by atoms with Crippen LogP contribution in [-0.2, 0) is 4.74 Å². The number of aromatic nitrogens is 4. The molecule has 102 valence electrons. The van der Waals surface area contributed by atoms with Crippen molar-refractivity contribution in [3.05, 3.63) is 18.3 Å². The van der Waals surface area contributed by atoms with Gasteiger partial charge in [-0.2, -0.15) is 0 Å². The van der Waals surface area contributed by atoms with Crippen LogP contribution in [0.3, 0.4) is 0 Å². The molecule has 19 heavy (non-hydrogen) atoms. The minimum Gasteiger partial charge on any atom is -0.351 e. The van der Waals surface area contributed by atoms with Gasteiger partial charge in [-0.15, -0.1) is 0 Å². The number of halogens is 1. The fraction of sp³-hybridized carbons (Fsp3) is 0.615. The van der Waals surface area contributed by atoms with E-state index in [1.807, 2.05) is 20.8 Å². The van der Waals surface area contributed by atoms with Gasteiger partial charge >= 0.3 is 0 Å². The van der Waals surface area contributed by atoms with E-state index in [-0.39, 0.29) is 12.0 Å². The van der Waals surface area contributed by atoms with Crippen LogP contribution in [0.4, 0.5) is 4.39 Å². The van der Waals surface area contributed by atoms with E-state index in [9.17, 15) is 4.39 Å². The lowest BCUT2D eigenvalue weighted by Crippen LogP contribution is -2.19. The van der Waals surface area contributed by atoms with Crippen LogP contribution < -0.4 is 0 Å². The quantitative estimate of drug-likeness (QED) is 0.836. The normalized spacial score (nSPS) is 31.2. The van der Waals surface area contributed by atoms with Crippen LogP contribution in [0.1, 0.15) is 32.2 Å². The zero-order valence-corrected chi connectivity index (χ0v) is 11.2. The molecule has 5 nitrogen and oxygen atoms in total. The second-order valence-electron chi connectivity index (χ2n) is 5.06. The Kier molecular flexibility index (Phi) is 2.97. The van der Waals surface area contributed by atoms with Crippen molar-refractivity contribution in [2.75, 3.05) is 0 Å². The van der Waals surface area contributed by atoms with Gasteiger partial charge < -0.3 is 4.74 Å². The molecule has 0 N–H and O–H groups in total. The number of hydrogen-bond acceptors (Lipinski definition) is 4. The molecule has 4 atom stereocenters. The summed E-state index contributed by atoms with van der Waals surface area (Å²) < 4.78 is 21.9. The van der Waals surface area contributed by atoms with Crippen LogP contribution in [0.25, 0.3) is 11.2 Å². The van der Waals surface area contributed by atoms with E-state index in [0.29, 0.717) is 11.2 Å². The molecule has 6 heteroatoms. The predicted molar refractivity (Wildman–Crippen MR) is 68.3 cm³/mol. The third-order valence-corrected chi connectivity index (χ3v) is 3.89. The fourth-order valence-corrected chi connectivity index (χ4v) is 2.69. The summed E-state index contributed by atoms with van der Waals surface area (Å²) in [6.07, 6.45) is 2.13. The van der Waals surface area contributed by atoms with Gasteiger partial charge in [0.25, 0.3) is 0 Å². The van der Waals surface area contributed by atoms with E-state index in [0.717, 1.165) is 12.1 Å². The number of imidazole rings is 1. The van der Waals surface area contributed by atoms with Crippen molar-refractivity contribution in [2.24, 2.45) is 5.92 Å². The summed E-state index contributed by atoms with van der Waals surface area (Å²) >= 11 is 0. The molecule has 1 saturated heterocycles. The number of rotatable bonds is 2. The molecule has 1 fully saturated rings. The highest BCUT2D eigenvalue weighted by Crippen LogP contribution is 2.38. The Morgan fingerprint density at radius 3 is 2.84 bits per heavy atom. The summed E-state index contributed by atoms with van der Waals surface area (Å²) in [6, 6.07) is 0. The van der Waals surface area contributed by atoms with Crippen molar-refractivity contribution in [2.45, 2.75) is 45.7 Å². The third-order valence-electron chi connectivity index (χ3n) is 3.89. The maximum Gasteiger partial charge on any atom is 0.168 e. The summed E-state index contributed by atoms with van der Waals surface area (Å²) in [7, 11) is 0. The Morgan fingerprint density at radius 1 is 1.37 bits per heavy atom. The molecule has 0 unspecified atom stereocenters. The average molecular weight is 264 g/mol. The lowest BCUT2D eigenvalue weighted by Gasteiger charge is -2.15. The van der Waals surface area contributed by atoms with Gasteiger partial charge in [0.1, 0.15) is 11.8 Å². The van der Waals surface area contributed by atoms with Gasteiger partial charge in [-0.25, -0.2) is 19.3 Å². The van der Waals surface area contributed by atoms with E-state index in [1.165, 1.54) is 6.33 Å². The molecule has 3 heterocycles. The number of fused-ring (bicyclic) bond motifs is 1. The van der Waals surface area contributed by atoms with Crippen LogP contribution in [0.2, 0.25) is 0 Å². The molecule has 0 aliphatic carbocycles. The lowest BCUT2D eigenvalue weighted by atomic mass is 10.00.